The third-order valence-corrected chi connectivity index (χ3v) is 2.93. The molecule has 0 amide bonds. The van der Waals surface area contributed by atoms with E-state index in [2.05, 4.69) is 22.2 Å². The van der Waals surface area contributed by atoms with Gasteiger partial charge in [0.15, 0.2) is 0 Å². The fourth-order valence-corrected chi connectivity index (χ4v) is 2.01. The second-order valence-corrected chi connectivity index (χ2v) is 4.47. The maximum atomic E-state index is 13.2. The summed E-state index contributed by atoms with van der Waals surface area (Å²) in [7, 11) is 0. The highest BCUT2D eigenvalue weighted by molar-refractivity contribution is 5.19. The average Bonchev–Trinajstić information content (AvgIpc) is 2.44. The van der Waals surface area contributed by atoms with E-state index in [-0.39, 0.29) is 11.9 Å². The summed E-state index contributed by atoms with van der Waals surface area (Å²) in [6.07, 6.45) is 5.04. The van der Waals surface area contributed by atoms with Crippen molar-refractivity contribution in [3.8, 4) is 0 Å². The van der Waals surface area contributed by atoms with Crippen LogP contribution in [0.5, 0.6) is 0 Å². The molecule has 100 valence electrons. The Morgan fingerprint density at radius 2 is 2.21 bits per heavy atom. The second-order valence-electron chi connectivity index (χ2n) is 4.47. The van der Waals surface area contributed by atoms with Gasteiger partial charge in [-0.25, -0.2) is 14.4 Å². The molecule has 1 N–H and O–H groups in total. The number of nitrogens with zero attached hydrogens (tertiary/aromatic N) is 2. The zero-order valence-electron chi connectivity index (χ0n) is 11.0. The lowest BCUT2D eigenvalue weighted by molar-refractivity contribution is 0.515. The van der Waals surface area contributed by atoms with Crippen LogP contribution in [0.2, 0.25) is 0 Å². The van der Waals surface area contributed by atoms with Gasteiger partial charge in [-0.05, 0) is 43.1 Å². The van der Waals surface area contributed by atoms with Crippen LogP contribution in [-0.2, 0) is 6.42 Å². The number of hydrogen-bond acceptors (Lipinski definition) is 3. The van der Waals surface area contributed by atoms with Crippen molar-refractivity contribution in [3.05, 3.63) is 59.9 Å². The van der Waals surface area contributed by atoms with Gasteiger partial charge in [-0.1, -0.05) is 19.1 Å². The Hall–Kier alpha value is -1.81. The average molecular weight is 259 g/mol. The van der Waals surface area contributed by atoms with Crippen molar-refractivity contribution in [1.82, 2.24) is 15.3 Å². The van der Waals surface area contributed by atoms with E-state index in [1.54, 1.807) is 24.7 Å². The first kappa shape index (κ1) is 13.6. The van der Waals surface area contributed by atoms with Crippen molar-refractivity contribution in [2.75, 3.05) is 6.54 Å². The predicted molar refractivity (Wildman–Crippen MR) is 73.2 cm³/mol. The molecule has 0 fully saturated rings. The molecule has 19 heavy (non-hydrogen) atoms. The predicted octanol–water partition coefficient (Wildman–Crippen LogP) is 2.90. The van der Waals surface area contributed by atoms with Crippen molar-refractivity contribution >= 4 is 0 Å². The van der Waals surface area contributed by atoms with Gasteiger partial charge in [0, 0.05) is 6.20 Å². The van der Waals surface area contributed by atoms with Crippen molar-refractivity contribution in [3.63, 3.8) is 0 Å². The quantitative estimate of drug-likeness (QED) is 0.866. The number of rotatable bonds is 6. The first-order valence-corrected chi connectivity index (χ1v) is 6.53. The highest BCUT2D eigenvalue weighted by atomic mass is 19.1. The number of benzene rings is 1. The van der Waals surface area contributed by atoms with Crippen LogP contribution in [0.25, 0.3) is 0 Å². The Kier molecular flexibility index (Phi) is 4.98. The molecular formula is C15H18FN3. The van der Waals surface area contributed by atoms with Gasteiger partial charge in [-0.15, -0.1) is 0 Å². The van der Waals surface area contributed by atoms with E-state index in [9.17, 15) is 4.39 Å². The molecule has 1 aromatic carbocycles. The monoisotopic (exact) mass is 259 g/mol. The number of hydrogen-bond donors (Lipinski definition) is 1. The fraction of sp³-hybridized carbons (Fsp3) is 0.333. The van der Waals surface area contributed by atoms with E-state index in [1.807, 2.05) is 12.1 Å². The molecule has 4 heteroatoms. The molecule has 0 aliphatic heterocycles. The highest BCUT2D eigenvalue weighted by Crippen LogP contribution is 2.16. The van der Waals surface area contributed by atoms with E-state index in [0.717, 1.165) is 30.6 Å². The van der Waals surface area contributed by atoms with Crippen molar-refractivity contribution in [2.45, 2.75) is 25.8 Å². The normalized spacial score (nSPS) is 12.3. The minimum Gasteiger partial charge on any atom is -0.308 e. The van der Waals surface area contributed by atoms with Crippen LogP contribution in [0.4, 0.5) is 4.39 Å². The summed E-state index contributed by atoms with van der Waals surface area (Å²) in [6.45, 7) is 3.02. The Bertz CT molecular complexity index is 502. The van der Waals surface area contributed by atoms with Gasteiger partial charge >= 0.3 is 0 Å². The Labute approximate surface area is 112 Å². The van der Waals surface area contributed by atoms with Gasteiger partial charge in [0.25, 0.3) is 0 Å². The summed E-state index contributed by atoms with van der Waals surface area (Å²) in [6, 6.07) is 8.69. The first-order valence-electron chi connectivity index (χ1n) is 6.53. The maximum absolute atomic E-state index is 13.2. The number of nitrogens with one attached hydrogen (secondary N) is 1. The van der Waals surface area contributed by atoms with Crippen molar-refractivity contribution in [1.29, 1.82) is 0 Å². The minimum atomic E-state index is -0.200. The summed E-state index contributed by atoms with van der Waals surface area (Å²) in [5.41, 5.74) is 1.90. The number of halogens is 1. The van der Waals surface area contributed by atoms with Gasteiger partial charge in [0.05, 0.1) is 11.7 Å². The summed E-state index contributed by atoms with van der Waals surface area (Å²) in [5, 5.41) is 3.44. The topological polar surface area (TPSA) is 37.8 Å². The third kappa shape index (κ3) is 4.10. The molecular weight excluding hydrogens is 241 g/mol. The smallest absolute Gasteiger partial charge is 0.123 e. The SMILES string of the molecule is CCCNC(Cc1cccc(F)c1)c1ccncn1. The maximum Gasteiger partial charge on any atom is 0.123 e. The molecule has 2 rings (SSSR count). The standard InChI is InChI=1S/C15H18FN3/c1-2-7-18-15(14-6-8-17-11-19-14)10-12-4-3-5-13(16)9-12/h3-6,8-9,11,15,18H,2,7,10H2,1H3. The van der Waals surface area contributed by atoms with Crippen LogP contribution in [0.1, 0.15) is 30.6 Å². The van der Waals surface area contributed by atoms with Gasteiger partial charge < -0.3 is 5.32 Å². The molecule has 0 aliphatic carbocycles. The molecule has 1 unspecified atom stereocenters. The first-order chi connectivity index (χ1) is 9.29. The molecule has 0 aliphatic rings. The lowest BCUT2D eigenvalue weighted by Gasteiger charge is -2.18. The van der Waals surface area contributed by atoms with Gasteiger partial charge in [0.2, 0.25) is 0 Å². The Morgan fingerprint density at radius 1 is 1.32 bits per heavy atom. The van der Waals surface area contributed by atoms with Crippen molar-refractivity contribution in [2.24, 2.45) is 0 Å². The van der Waals surface area contributed by atoms with E-state index in [4.69, 9.17) is 0 Å². The molecule has 1 atom stereocenters. The van der Waals surface area contributed by atoms with Crippen LogP contribution in [0, 0.1) is 5.82 Å². The molecule has 0 saturated carbocycles. The molecule has 3 nitrogen and oxygen atoms in total. The molecule has 0 saturated heterocycles. The molecule has 0 radical (unpaired) electrons. The molecule has 1 aromatic heterocycles. The van der Waals surface area contributed by atoms with Crippen LogP contribution < -0.4 is 5.32 Å². The third-order valence-electron chi connectivity index (χ3n) is 2.93. The van der Waals surface area contributed by atoms with Gasteiger partial charge in [-0.3, -0.25) is 0 Å². The van der Waals surface area contributed by atoms with Gasteiger partial charge in [-0.2, -0.15) is 0 Å². The summed E-state index contributed by atoms with van der Waals surface area (Å²) >= 11 is 0. The zero-order valence-corrected chi connectivity index (χ0v) is 11.0. The van der Waals surface area contributed by atoms with Gasteiger partial charge in [0.1, 0.15) is 12.1 Å². The van der Waals surface area contributed by atoms with E-state index >= 15 is 0 Å². The summed E-state index contributed by atoms with van der Waals surface area (Å²) < 4.78 is 13.2. The van der Waals surface area contributed by atoms with Crippen molar-refractivity contribution < 1.29 is 4.39 Å². The van der Waals surface area contributed by atoms with Crippen LogP contribution in [-0.4, -0.2) is 16.5 Å². The fourth-order valence-electron chi connectivity index (χ4n) is 2.01. The molecule has 0 bridgehead atoms. The molecule has 2 aromatic rings. The van der Waals surface area contributed by atoms with E-state index in [0.29, 0.717) is 0 Å². The van der Waals surface area contributed by atoms with Crippen LogP contribution in [0.15, 0.2) is 42.9 Å². The largest absolute Gasteiger partial charge is 0.308 e. The second kappa shape index (κ2) is 6.95. The van der Waals surface area contributed by atoms with E-state index in [1.165, 1.54) is 6.07 Å². The highest BCUT2D eigenvalue weighted by Gasteiger charge is 2.12. The number of aromatic nitrogens is 2. The molecule has 0 spiro atoms. The lowest BCUT2D eigenvalue weighted by Crippen LogP contribution is -2.25. The molecule has 1 heterocycles. The van der Waals surface area contributed by atoms with Crippen LogP contribution in [0.3, 0.4) is 0 Å². The summed E-state index contributed by atoms with van der Waals surface area (Å²) in [5.74, 6) is -0.200. The lowest BCUT2D eigenvalue weighted by atomic mass is 10.0. The summed E-state index contributed by atoms with van der Waals surface area (Å²) in [4.78, 5) is 8.21. The minimum absolute atomic E-state index is 0.0877. The van der Waals surface area contributed by atoms with E-state index < -0.39 is 0 Å². The van der Waals surface area contributed by atoms with Crippen LogP contribution >= 0.6 is 0 Å². The zero-order chi connectivity index (χ0) is 13.5. The Morgan fingerprint density at radius 3 is 2.89 bits per heavy atom. The Balaban J connectivity index is 2.14.